The first kappa shape index (κ1) is 16.9. The maximum atomic E-state index is 12.1. The fourth-order valence-electron chi connectivity index (χ4n) is 1.68. The zero-order valence-corrected chi connectivity index (χ0v) is 12.5. The summed E-state index contributed by atoms with van der Waals surface area (Å²) in [6.45, 7) is 16.0. The first-order chi connectivity index (χ1) is 8.22. The Morgan fingerprint density at radius 3 is 2.28 bits per heavy atom. The third-order valence-electron chi connectivity index (χ3n) is 2.43. The first-order valence-corrected chi connectivity index (χ1v) is 6.46. The van der Waals surface area contributed by atoms with Gasteiger partial charge in [-0.15, -0.1) is 6.58 Å². The molecule has 0 fully saturated rings. The number of hydrogen-bond acceptors (Lipinski definition) is 3. The van der Waals surface area contributed by atoms with E-state index in [1.165, 1.54) is 0 Å². The molecule has 3 heteroatoms. The minimum absolute atomic E-state index is 0.0113. The normalized spacial score (nSPS) is 14.5. The van der Waals surface area contributed by atoms with Crippen molar-refractivity contribution >= 4 is 5.97 Å². The molecule has 0 heterocycles. The Labute approximate surface area is 111 Å². The van der Waals surface area contributed by atoms with Crippen molar-refractivity contribution in [3.05, 3.63) is 24.3 Å². The van der Waals surface area contributed by atoms with Crippen LogP contribution in [0.5, 0.6) is 0 Å². The maximum Gasteiger partial charge on any atom is 0.335 e. The van der Waals surface area contributed by atoms with Crippen LogP contribution in [0.4, 0.5) is 0 Å². The van der Waals surface area contributed by atoms with Crippen LogP contribution in [0.15, 0.2) is 24.3 Å². The van der Waals surface area contributed by atoms with Crippen molar-refractivity contribution in [3.63, 3.8) is 0 Å². The van der Waals surface area contributed by atoms with Crippen molar-refractivity contribution in [3.8, 4) is 0 Å². The molecule has 0 aliphatic rings. The molecule has 0 aromatic rings. The van der Waals surface area contributed by atoms with Gasteiger partial charge in [-0.05, 0) is 33.6 Å². The van der Waals surface area contributed by atoms with Crippen LogP contribution in [0.2, 0.25) is 0 Å². The molecule has 0 aliphatic heterocycles. The second kappa shape index (κ2) is 7.37. The summed E-state index contributed by atoms with van der Waals surface area (Å²) in [5.41, 5.74) is 0.215. The van der Waals surface area contributed by atoms with Gasteiger partial charge >= 0.3 is 5.97 Å². The van der Waals surface area contributed by atoms with Gasteiger partial charge in [-0.25, -0.2) is 4.79 Å². The Balaban J connectivity index is 4.91. The lowest BCUT2D eigenvalue weighted by atomic mass is 9.95. The molecule has 18 heavy (non-hydrogen) atoms. The van der Waals surface area contributed by atoms with E-state index in [9.17, 15) is 4.79 Å². The Morgan fingerprint density at radius 1 is 1.39 bits per heavy atom. The largest absolute Gasteiger partial charge is 0.457 e. The fraction of sp³-hybridized carbons (Fsp3) is 0.667. The summed E-state index contributed by atoms with van der Waals surface area (Å²) in [5, 5.41) is 3.30. The fourth-order valence-corrected chi connectivity index (χ4v) is 1.68. The number of carbonyl (C=O) groups excluding carboxylic acids is 1. The number of ether oxygens (including phenoxy) is 1. The molecule has 0 aliphatic carbocycles. The lowest BCUT2D eigenvalue weighted by molar-refractivity contribution is -0.150. The minimum Gasteiger partial charge on any atom is -0.457 e. The molecule has 0 bridgehead atoms. The van der Waals surface area contributed by atoms with E-state index in [4.69, 9.17) is 4.74 Å². The zero-order valence-electron chi connectivity index (χ0n) is 12.5. The second-order valence-electron chi connectivity index (χ2n) is 5.66. The van der Waals surface area contributed by atoms with E-state index < -0.39 is 5.60 Å². The molecule has 0 saturated carbocycles. The number of rotatable bonds is 6. The van der Waals surface area contributed by atoms with Crippen LogP contribution in [0.3, 0.4) is 0 Å². The van der Waals surface area contributed by atoms with Crippen LogP contribution in [-0.2, 0) is 9.53 Å². The summed E-state index contributed by atoms with van der Waals surface area (Å²) >= 11 is 0. The number of allylic oxidation sites excluding steroid dienone is 1. The highest BCUT2D eigenvalue weighted by molar-refractivity contribution is 5.90. The summed E-state index contributed by atoms with van der Waals surface area (Å²) in [5.74, 6) is 0.0592. The molecule has 1 unspecified atom stereocenters. The van der Waals surface area contributed by atoms with Gasteiger partial charge in [-0.1, -0.05) is 26.0 Å². The van der Waals surface area contributed by atoms with Crippen LogP contribution in [-0.4, -0.2) is 24.2 Å². The molecule has 0 radical (unpaired) electrons. The van der Waals surface area contributed by atoms with Crippen molar-refractivity contribution in [1.29, 1.82) is 0 Å². The Morgan fingerprint density at radius 2 is 1.94 bits per heavy atom. The Bertz CT molecular complexity index is 311. The van der Waals surface area contributed by atoms with Gasteiger partial charge in [0.25, 0.3) is 0 Å². The predicted molar refractivity (Wildman–Crippen MR) is 76.4 cm³/mol. The lowest BCUT2D eigenvalue weighted by Crippen LogP contribution is -2.40. The van der Waals surface area contributed by atoms with Gasteiger partial charge in [0.15, 0.2) is 0 Å². The van der Waals surface area contributed by atoms with E-state index in [2.05, 4.69) is 25.7 Å². The van der Waals surface area contributed by atoms with Crippen molar-refractivity contribution in [2.24, 2.45) is 5.92 Å². The zero-order chi connectivity index (χ0) is 14.3. The molecule has 1 N–H and O–H groups in total. The van der Waals surface area contributed by atoms with Crippen LogP contribution in [0.1, 0.15) is 41.5 Å². The number of hydrogen-bond donors (Lipinski definition) is 1. The number of esters is 1. The lowest BCUT2D eigenvalue weighted by Gasteiger charge is -2.27. The van der Waals surface area contributed by atoms with E-state index in [1.54, 1.807) is 6.08 Å². The van der Waals surface area contributed by atoms with Gasteiger partial charge in [-0.2, -0.15) is 0 Å². The molecule has 104 valence electrons. The molecule has 0 aromatic carbocycles. The average molecular weight is 253 g/mol. The topological polar surface area (TPSA) is 38.3 Å². The van der Waals surface area contributed by atoms with Crippen LogP contribution < -0.4 is 5.32 Å². The van der Waals surface area contributed by atoms with Gasteiger partial charge in [0, 0.05) is 12.6 Å². The summed E-state index contributed by atoms with van der Waals surface area (Å²) in [7, 11) is 0. The predicted octanol–water partition coefficient (Wildman–Crippen LogP) is 3.07. The molecule has 0 saturated heterocycles. The molecule has 0 rings (SSSR count). The molecular weight excluding hydrogens is 226 g/mol. The van der Waals surface area contributed by atoms with Gasteiger partial charge < -0.3 is 10.1 Å². The van der Waals surface area contributed by atoms with E-state index in [0.29, 0.717) is 18.0 Å². The number of carbonyl (C=O) groups is 1. The monoisotopic (exact) mass is 253 g/mol. The van der Waals surface area contributed by atoms with E-state index in [1.807, 2.05) is 33.8 Å². The van der Waals surface area contributed by atoms with Crippen LogP contribution in [0.25, 0.3) is 0 Å². The SMILES string of the molecule is C=CCNC(/C(=C\C)C(=O)OC(C)(C)C)C(C)C. The Hall–Kier alpha value is -1.09. The van der Waals surface area contributed by atoms with Crippen molar-refractivity contribution in [2.75, 3.05) is 6.54 Å². The highest BCUT2D eigenvalue weighted by atomic mass is 16.6. The third kappa shape index (κ3) is 6.01. The van der Waals surface area contributed by atoms with E-state index >= 15 is 0 Å². The molecule has 3 nitrogen and oxygen atoms in total. The summed E-state index contributed by atoms with van der Waals surface area (Å²) in [6.07, 6.45) is 3.62. The van der Waals surface area contributed by atoms with E-state index in [-0.39, 0.29) is 12.0 Å². The maximum absolute atomic E-state index is 12.1. The number of nitrogens with one attached hydrogen (secondary N) is 1. The molecule has 0 aromatic heterocycles. The average Bonchev–Trinajstić information content (AvgIpc) is 2.20. The minimum atomic E-state index is -0.467. The van der Waals surface area contributed by atoms with Gasteiger partial charge in [0.2, 0.25) is 0 Å². The molecule has 0 amide bonds. The van der Waals surface area contributed by atoms with Crippen molar-refractivity contribution in [1.82, 2.24) is 5.32 Å². The van der Waals surface area contributed by atoms with Gasteiger partial charge in [0.1, 0.15) is 5.60 Å². The standard InChI is InChI=1S/C15H27NO2/c1-8-10-16-13(11(3)4)12(9-2)14(17)18-15(5,6)7/h8-9,11,13,16H,1,10H2,2-7H3/b12-9+. The first-order valence-electron chi connectivity index (χ1n) is 6.46. The van der Waals surface area contributed by atoms with Gasteiger partial charge in [-0.3, -0.25) is 0 Å². The van der Waals surface area contributed by atoms with Crippen molar-refractivity contribution < 1.29 is 9.53 Å². The Kier molecular flexibility index (Phi) is 6.92. The molecule has 1 atom stereocenters. The van der Waals surface area contributed by atoms with Crippen LogP contribution in [0, 0.1) is 5.92 Å². The smallest absolute Gasteiger partial charge is 0.335 e. The second-order valence-corrected chi connectivity index (χ2v) is 5.66. The van der Waals surface area contributed by atoms with Crippen molar-refractivity contribution in [2.45, 2.75) is 53.2 Å². The summed E-state index contributed by atoms with van der Waals surface area (Å²) in [4.78, 5) is 12.1. The summed E-state index contributed by atoms with van der Waals surface area (Å²) in [6, 6.07) is -0.0113. The molecular formula is C15H27NO2. The highest BCUT2D eigenvalue weighted by Crippen LogP contribution is 2.17. The summed E-state index contributed by atoms with van der Waals surface area (Å²) < 4.78 is 5.43. The highest BCUT2D eigenvalue weighted by Gasteiger charge is 2.26. The third-order valence-corrected chi connectivity index (χ3v) is 2.43. The van der Waals surface area contributed by atoms with Crippen LogP contribution >= 0.6 is 0 Å². The molecule has 0 spiro atoms. The van der Waals surface area contributed by atoms with E-state index in [0.717, 1.165) is 0 Å². The quantitative estimate of drug-likeness (QED) is 0.449. The van der Waals surface area contributed by atoms with Gasteiger partial charge in [0.05, 0.1) is 5.57 Å².